The monoisotopic (exact) mass is 390 g/mol. The Hall–Kier alpha value is -2.49. The molecule has 3 rings (SSSR count). The lowest BCUT2D eigenvalue weighted by Crippen LogP contribution is -2.60. The standard InChI is InChI=1S/C20H22O8/c21-10-13-8-4-5-9-14(13)27-20-18(24)17(23)16(22)15(28-20)11-26-19(25)12-6-2-1-3-7-12/h1-9,15-18,20-24H,10-11H2/t15-,16+,17-,18+,20+/m0/s1. The number of aliphatic hydroxyl groups excluding tert-OH is 4. The molecule has 5 atom stereocenters. The molecule has 0 unspecified atom stereocenters. The Labute approximate surface area is 161 Å². The van der Waals surface area contributed by atoms with E-state index in [0.717, 1.165) is 0 Å². The van der Waals surface area contributed by atoms with Crippen LogP contribution in [0.25, 0.3) is 0 Å². The van der Waals surface area contributed by atoms with Crippen LogP contribution in [-0.2, 0) is 16.1 Å². The Balaban J connectivity index is 1.67. The molecular formula is C20H22O8. The van der Waals surface area contributed by atoms with E-state index in [2.05, 4.69) is 0 Å². The molecule has 1 heterocycles. The lowest BCUT2D eigenvalue weighted by Gasteiger charge is -2.40. The largest absolute Gasteiger partial charge is 0.462 e. The molecule has 0 radical (unpaired) electrons. The van der Waals surface area contributed by atoms with Crippen molar-refractivity contribution in [3.05, 3.63) is 65.7 Å². The molecule has 0 amide bonds. The van der Waals surface area contributed by atoms with Gasteiger partial charge in [0.05, 0.1) is 12.2 Å². The molecule has 0 aromatic heterocycles. The van der Waals surface area contributed by atoms with Crippen molar-refractivity contribution >= 4 is 5.97 Å². The van der Waals surface area contributed by atoms with Crippen LogP contribution < -0.4 is 4.74 Å². The molecule has 0 saturated carbocycles. The van der Waals surface area contributed by atoms with Gasteiger partial charge in [0.2, 0.25) is 6.29 Å². The number of benzene rings is 2. The van der Waals surface area contributed by atoms with Crippen molar-refractivity contribution in [3.8, 4) is 5.75 Å². The summed E-state index contributed by atoms with van der Waals surface area (Å²) in [6, 6.07) is 14.9. The van der Waals surface area contributed by atoms with Gasteiger partial charge in [-0.15, -0.1) is 0 Å². The van der Waals surface area contributed by atoms with Crippen molar-refractivity contribution < 1.29 is 39.4 Å². The molecule has 0 spiro atoms. The minimum absolute atomic E-state index is 0.262. The fraction of sp³-hybridized carbons (Fsp3) is 0.350. The Bertz CT molecular complexity index is 781. The molecule has 1 aliphatic rings. The second kappa shape index (κ2) is 9.13. The van der Waals surface area contributed by atoms with Gasteiger partial charge in [-0.3, -0.25) is 0 Å². The molecule has 28 heavy (non-hydrogen) atoms. The molecular weight excluding hydrogens is 368 g/mol. The van der Waals surface area contributed by atoms with E-state index in [0.29, 0.717) is 11.1 Å². The van der Waals surface area contributed by atoms with Crippen LogP contribution in [0, 0.1) is 0 Å². The fourth-order valence-electron chi connectivity index (χ4n) is 2.84. The van der Waals surface area contributed by atoms with Gasteiger partial charge < -0.3 is 34.6 Å². The van der Waals surface area contributed by atoms with Crippen LogP contribution in [0.3, 0.4) is 0 Å². The first kappa shape index (κ1) is 20.2. The number of rotatable bonds is 6. The highest BCUT2D eigenvalue weighted by Gasteiger charge is 2.45. The normalized spacial score (nSPS) is 27.2. The van der Waals surface area contributed by atoms with Crippen LogP contribution in [0.15, 0.2) is 54.6 Å². The summed E-state index contributed by atoms with van der Waals surface area (Å²) in [6.45, 7) is -0.636. The van der Waals surface area contributed by atoms with E-state index < -0.39 is 36.7 Å². The number of hydrogen-bond acceptors (Lipinski definition) is 8. The molecule has 8 nitrogen and oxygen atoms in total. The summed E-state index contributed by atoms with van der Waals surface area (Å²) in [6.07, 6.45) is -7.03. The highest BCUT2D eigenvalue weighted by Crippen LogP contribution is 2.27. The first-order valence-corrected chi connectivity index (χ1v) is 8.78. The zero-order valence-electron chi connectivity index (χ0n) is 14.9. The van der Waals surface area contributed by atoms with Gasteiger partial charge in [-0.2, -0.15) is 0 Å². The summed E-state index contributed by atoms with van der Waals surface area (Å²) in [7, 11) is 0. The number of carbonyl (C=O) groups excluding carboxylic acids is 1. The highest BCUT2D eigenvalue weighted by molar-refractivity contribution is 5.89. The third-order valence-electron chi connectivity index (χ3n) is 4.44. The first-order valence-electron chi connectivity index (χ1n) is 8.78. The van der Waals surface area contributed by atoms with Gasteiger partial charge >= 0.3 is 5.97 Å². The molecule has 2 aromatic rings. The van der Waals surface area contributed by atoms with E-state index in [1.165, 1.54) is 0 Å². The van der Waals surface area contributed by atoms with Gasteiger partial charge in [-0.25, -0.2) is 4.79 Å². The summed E-state index contributed by atoms with van der Waals surface area (Å²) in [4.78, 5) is 12.1. The Morgan fingerprint density at radius 1 is 0.929 bits per heavy atom. The molecule has 2 aromatic carbocycles. The summed E-state index contributed by atoms with van der Waals surface area (Å²) >= 11 is 0. The van der Waals surface area contributed by atoms with Crippen molar-refractivity contribution in [3.63, 3.8) is 0 Å². The van der Waals surface area contributed by atoms with Gasteiger partial charge in [0.25, 0.3) is 0 Å². The molecule has 1 saturated heterocycles. The van der Waals surface area contributed by atoms with Gasteiger partial charge in [0.15, 0.2) is 0 Å². The minimum Gasteiger partial charge on any atom is -0.462 e. The second-order valence-electron chi connectivity index (χ2n) is 6.36. The molecule has 1 fully saturated rings. The predicted octanol–water partition coefficient (Wildman–Crippen LogP) is 0.222. The van der Waals surface area contributed by atoms with Gasteiger partial charge in [-0.05, 0) is 18.2 Å². The number of esters is 1. The zero-order chi connectivity index (χ0) is 20.1. The first-order chi connectivity index (χ1) is 13.5. The molecule has 150 valence electrons. The number of carbonyl (C=O) groups is 1. The van der Waals surface area contributed by atoms with Crippen molar-refractivity contribution in [2.45, 2.75) is 37.3 Å². The molecule has 4 N–H and O–H groups in total. The predicted molar refractivity (Wildman–Crippen MR) is 96.4 cm³/mol. The van der Waals surface area contributed by atoms with Gasteiger partial charge in [0, 0.05) is 5.56 Å². The third kappa shape index (κ3) is 4.49. The minimum atomic E-state index is -1.57. The highest BCUT2D eigenvalue weighted by atomic mass is 16.7. The lowest BCUT2D eigenvalue weighted by molar-refractivity contribution is -0.277. The Kier molecular flexibility index (Phi) is 6.61. The molecule has 0 bridgehead atoms. The third-order valence-corrected chi connectivity index (χ3v) is 4.44. The molecule has 8 heteroatoms. The Morgan fingerprint density at radius 2 is 1.61 bits per heavy atom. The maximum Gasteiger partial charge on any atom is 0.338 e. The summed E-state index contributed by atoms with van der Waals surface area (Å²) < 4.78 is 16.3. The van der Waals surface area contributed by atoms with E-state index in [1.807, 2.05) is 0 Å². The van der Waals surface area contributed by atoms with Crippen LogP contribution in [0.5, 0.6) is 5.75 Å². The number of para-hydroxylation sites is 1. The average Bonchev–Trinajstić information content (AvgIpc) is 2.74. The van der Waals surface area contributed by atoms with Crippen molar-refractivity contribution in [1.29, 1.82) is 0 Å². The molecule has 1 aliphatic heterocycles. The molecule has 0 aliphatic carbocycles. The van der Waals surface area contributed by atoms with Crippen LogP contribution in [-0.4, -0.2) is 63.7 Å². The number of aliphatic hydroxyl groups is 4. The lowest BCUT2D eigenvalue weighted by atomic mass is 9.99. The number of hydrogen-bond donors (Lipinski definition) is 4. The SMILES string of the molecule is O=C(OC[C@@H]1O[C@@H](Oc2ccccc2CO)[C@H](O)[C@@H](O)[C@@H]1O)c1ccccc1. The van der Waals surface area contributed by atoms with Crippen molar-refractivity contribution in [2.24, 2.45) is 0 Å². The topological polar surface area (TPSA) is 126 Å². The van der Waals surface area contributed by atoms with Crippen LogP contribution in [0.4, 0.5) is 0 Å². The van der Waals surface area contributed by atoms with Crippen molar-refractivity contribution in [1.82, 2.24) is 0 Å². The van der Waals surface area contributed by atoms with Gasteiger partial charge in [0.1, 0.15) is 36.8 Å². The number of ether oxygens (including phenoxy) is 3. The fourth-order valence-corrected chi connectivity index (χ4v) is 2.84. The average molecular weight is 390 g/mol. The van der Waals surface area contributed by atoms with E-state index in [1.54, 1.807) is 54.6 Å². The summed E-state index contributed by atoms with van der Waals surface area (Å²) in [5.41, 5.74) is 0.795. The second-order valence-corrected chi connectivity index (χ2v) is 6.36. The Morgan fingerprint density at radius 3 is 2.32 bits per heavy atom. The van der Waals surface area contributed by atoms with E-state index in [-0.39, 0.29) is 19.0 Å². The van der Waals surface area contributed by atoms with E-state index in [9.17, 15) is 25.2 Å². The summed E-state index contributed by atoms with van der Waals surface area (Å²) in [5.74, 6) is -0.349. The van der Waals surface area contributed by atoms with Crippen LogP contribution >= 0.6 is 0 Å². The zero-order valence-corrected chi connectivity index (χ0v) is 14.9. The van der Waals surface area contributed by atoms with E-state index in [4.69, 9.17) is 14.2 Å². The maximum absolute atomic E-state index is 12.1. The van der Waals surface area contributed by atoms with Crippen molar-refractivity contribution in [2.75, 3.05) is 6.61 Å². The maximum atomic E-state index is 12.1. The van der Waals surface area contributed by atoms with Gasteiger partial charge in [-0.1, -0.05) is 36.4 Å². The quantitative estimate of drug-likeness (QED) is 0.516. The van der Waals surface area contributed by atoms with Crippen LogP contribution in [0.2, 0.25) is 0 Å². The van der Waals surface area contributed by atoms with Crippen LogP contribution in [0.1, 0.15) is 15.9 Å². The van der Waals surface area contributed by atoms with E-state index >= 15 is 0 Å². The smallest absolute Gasteiger partial charge is 0.338 e. The summed E-state index contributed by atoms with van der Waals surface area (Å²) in [5, 5.41) is 39.8.